The zero-order valence-electron chi connectivity index (χ0n) is 9.57. The molecule has 0 radical (unpaired) electrons. The van der Waals surface area contributed by atoms with Gasteiger partial charge >= 0.3 is 0 Å². The third-order valence-electron chi connectivity index (χ3n) is 2.41. The summed E-state index contributed by atoms with van der Waals surface area (Å²) >= 11 is 0. The summed E-state index contributed by atoms with van der Waals surface area (Å²) < 4.78 is 5.30. The zero-order valence-corrected chi connectivity index (χ0v) is 9.57. The number of ether oxygens (including phenoxy) is 1. The Labute approximate surface area is 91.8 Å². The van der Waals surface area contributed by atoms with Crippen molar-refractivity contribution in [3.8, 4) is 0 Å². The van der Waals surface area contributed by atoms with Gasteiger partial charge in [-0.3, -0.25) is 0 Å². The lowest BCUT2D eigenvalue weighted by Crippen LogP contribution is -2.36. The van der Waals surface area contributed by atoms with Crippen LogP contribution < -0.4 is 10.6 Å². The average molecular weight is 208 g/mol. The SMILES string of the molecule is CN.Cc1ccc(N2CCOCC2)cc1. The van der Waals surface area contributed by atoms with Crippen molar-refractivity contribution >= 4 is 5.69 Å². The van der Waals surface area contributed by atoms with Crippen molar-refractivity contribution in [1.82, 2.24) is 0 Å². The van der Waals surface area contributed by atoms with Gasteiger partial charge in [-0.05, 0) is 26.1 Å². The number of nitrogens with zero attached hydrogens (tertiary/aromatic N) is 1. The highest BCUT2D eigenvalue weighted by Crippen LogP contribution is 2.15. The Morgan fingerprint density at radius 1 is 1.07 bits per heavy atom. The molecule has 1 saturated heterocycles. The minimum atomic E-state index is 0.855. The maximum absolute atomic E-state index is 5.30. The molecule has 84 valence electrons. The van der Waals surface area contributed by atoms with E-state index in [1.54, 1.807) is 0 Å². The maximum Gasteiger partial charge on any atom is 0.0642 e. The van der Waals surface area contributed by atoms with E-state index in [1.807, 2.05) is 0 Å². The molecular formula is C12H20N2O. The topological polar surface area (TPSA) is 38.5 Å². The van der Waals surface area contributed by atoms with Crippen molar-refractivity contribution in [3.63, 3.8) is 0 Å². The molecule has 2 N–H and O–H groups in total. The van der Waals surface area contributed by atoms with Gasteiger partial charge in [0.1, 0.15) is 0 Å². The smallest absolute Gasteiger partial charge is 0.0642 e. The van der Waals surface area contributed by atoms with Crippen LogP contribution in [0.5, 0.6) is 0 Å². The standard InChI is InChI=1S/C11H15NO.CH5N/c1-10-2-4-11(5-3-10)12-6-8-13-9-7-12;1-2/h2-5H,6-9H2,1H3;2H2,1H3. The summed E-state index contributed by atoms with van der Waals surface area (Å²) in [6.45, 7) is 5.86. The number of anilines is 1. The Balaban J connectivity index is 0.000000531. The van der Waals surface area contributed by atoms with E-state index in [1.165, 1.54) is 18.3 Å². The third-order valence-corrected chi connectivity index (χ3v) is 2.41. The summed E-state index contributed by atoms with van der Waals surface area (Å²) in [6, 6.07) is 8.68. The van der Waals surface area contributed by atoms with Crippen LogP contribution in [0, 0.1) is 6.92 Å². The minimum Gasteiger partial charge on any atom is -0.378 e. The van der Waals surface area contributed by atoms with E-state index in [0.717, 1.165) is 26.3 Å². The molecule has 0 spiro atoms. The van der Waals surface area contributed by atoms with Gasteiger partial charge < -0.3 is 15.4 Å². The molecular weight excluding hydrogens is 188 g/mol. The largest absolute Gasteiger partial charge is 0.378 e. The van der Waals surface area contributed by atoms with Crippen molar-refractivity contribution in [2.24, 2.45) is 5.73 Å². The number of hydrogen-bond acceptors (Lipinski definition) is 3. The average Bonchev–Trinajstić information content (AvgIpc) is 2.34. The van der Waals surface area contributed by atoms with Gasteiger partial charge in [-0.2, -0.15) is 0 Å². The van der Waals surface area contributed by atoms with Crippen LogP contribution in [0.3, 0.4) is 0 Å². The van der Waals surface area contributed by atoms with Gasteiger partial charge in [0.05, 0.1) is 13.2 Å². The van der Waals surface area contributed by atoms with Crippen molar-refractivity contribution in [2.75, 3.05) is 38.3 Å². The van der Waals surface area contributed by atoms with Crippen molar-refractivity contribution in [2.45, 2.75) is 6.92 Å². The molecule has 1 aliphatic heterocycles. The first-order valence-corrected chi connectivity index (χ1v) is 5.33. The molecule has 3 nitrogen and oxygen atoms in total. The van der Waals surface area contributed by atoms with Crippen LogP contribution in [0.4, 0.5) is 5.69 Å². The second-order valence-corrected chi connectivity index (χ2v) is 3.43. The van der Waals surface area contributed by atoms with E-state index in [9.17, 15) is 0 Å². The molecule has 1 fully saturated rings. The minimum absolute atomic E-state index is 0.855. The number of hydrogen-bond donors (Lipinski definition) is 1. The quantitative estimate of drug-likeness (QED) is 0.758. The fourth-order valence-corrected chi connectivity index (χ4v) is 1.58. The van der Waals surface area contributed by atoms with E-state index >= 15 is 0 Å². The highest BCUT2D eigenvalue weighted by molar-refractivity contribution is 5.47. The highest BCUT2D eigenvalue weighted by atomic mass is 16.5. The monoisotopic (exact) mass is 208 g/mol. The third kappa shape index (κ3) is 3.53. The molecule has 0 saturated carbocycles. The van der Waals surface area contributed by atoms with Crippen LogP contribution in [0.15, 0.2) is 24.3 Å². The van der Waals surface area contributed by atoms with Crippen LogP contribution in [0.2, 0.25) is 0 Å². The van der Waals surface area contributed by atoms with Crippen molar-refractivity contribution in [1.29, 1.82) is 0 Å². The van der Waals surface area contributed by atoms with Crippen LogP contribution in [0.25, 0.3) is 0 Å². The second kappa shape index (κ2) is 6.43. The first-order chi connectivity index (χ1) is 7.36. The molecule has 3 heteroatoms. The lowest BCUT2D eigenvalue weighted by atomic mass is 10.2. The Bertz CT molecular complexity index is 265. The predicted octanol–water partition coefficient (Wildman–Crippen LogP) is 1.41. The van der Waals surface area contributed by atoms with E-state index in [0.29, 0.717) is 0 Å². The molecule has 15 heavy (non-hydrogen) atoms. The molecule has 0 aromatic heterocycles. The van der Waals surface area contributed by atoms with Crippen molar-refractivity contribution < 1.29 is 4.74 Å². The number of nitrogens with two attached hydrogens (primary N) is 1. The van der Waals surface area contributed by atoms with E-state index in [4.69, 9.17) is 4.74 Å². The van der Waals surface area contributed by atoms with Crippen LogP contribution in [0.1, 0.15) is 5.56 Å². The first-order valence-electron chi connectivity index (χ1n) is 5.33. The second-order valence-electron chi connectivity index (χ2n) is 3.43. The molecule has 0 amide bonds. The fourth-order valence-electron chi connectivity index (χ4n) is 1.58. The van der Waals surface area contributed by atoms with E-state index in [-0.39, 0.29) is 0 Å². The molecule has 0 aliphatic carbocycles. The first kappa shape index (κ1) is 12.0. The van der Waals surface area contributed by atoms with Gasteiger partial charge in [-0.15, -0.1) is 0 Å². The molecule has 1 aromatic rings. The molecule has 0 atom stereocenters. The summed E-state index contributed by atoms with van der Waals surface area (Å²) in [5.41, 5.74) is 7.13. The Morgan fingerprint density at radius 2 is 1.60 bits per heavy atom. The predicted molar refractivity (Wildman–Crippen MR) is 64.3 cm³/mol. The Kier molecular flexibility index (Phi) is 5.15. The molecule has 2 rings (SSSR count). The molecule has 0 bridgehead atoms. The zero-order chi connectivity index (χ0) is 11.1. The van der Waals surface area contributed by atoms with Gasteiger partial charge in [-0.1, -0.05) is 17.7 Å². The van der Waals surface area contributed by atoms with Crippen LogP contribution >= 0.6 is 0 Å². The lowest BCUT2D eigenvalue weighted by Gasteiger charge is -2.28. The van der Waals surface area contributed by atoms with E-state index in [2.05, 4.69) is 41.8 Å². The summed E-state index contributed by atoms with van der Waals surface area (Å²) in [7, 11) is 1.50. The normalized spacial score (nSPS) is 15.5. The highest BCUT2D eigenvalue weighted by Gasteiger charge is 2.09. The maximum atomic E-state index is 5.30. The summed E-state index contributed by atoms with van der Waals surface area (Å²) in [5.74, 6) is 0. The summed E-state index contributed by atoms with van der Waals surface area (Å²) in [5, 5.41) is 0. The number of benzene rings is 1. The number of rotatable bonds is 1. The Morgan fingerprint density at radius 3 is 2.13 bits per heavy atom. The summed E-state index contributed by atoms with van der Waals surface area (Å²) in [6.07, 6.45) is 0. The van der Waals surface area contributed by atoms with Crippen LogP contribution in [-0.2, 0) is 4.74 Å². The van der Waals surface area contributed by atoms with Gasteiger partial charge in [-0.25, -0.2) is 0 Å². The molecule has 1 heterocycles. The summed E-state index contributed by atoms with van der Waals surface area (Å²) in [4.78, 5) is 2.36. The number of aryl methyl sites for hydroxylation is 1. The fraction of sp³-hybridized carbons (Fsp3) is 0.500. The molecule has 0 unspecified atom stereocenters. The van der Waals surface area contributed by atoms with E-state index < -0.39 is 0 Å². The van der Waals surface area contributed by atoms with Gasteiger partial charge in [0.25, 0.3) is 0 Å². The van der Waals surface area contributed by atoms with Gasteiger partial charge in [0.15, 0.2) is 0 Å². The van der Waals surface area contributed by atoms with Gasteiger partial charge in [0, 0.05) is 18.8 Å². The van der Waals surface area contributed by atoms with Crippen LogP contribution in [-0.4, -0.2) is 33.4 Å². The van der Waals surface area contributed by atoms with Gasteiger partial charge in [0.2, 0.25) is 0 Å². The lowest BCUT2D eigenvalue weighted by molar-refractivity contribution is 0.122. The molecule has 1 aromatic carbocycles. The Hall–Kier alpha value is -1.06. The molecule has 1 aliphatic rings. The number of morpholine rings is 1. The van der Waals surface area contributed by atoms with Crippen molar-refractivity contribution in [3.05, 3.63) is 29.8 Å².